The highest BCUT2D eigenvalue weighted by atomic mass is 32.1. The molecular weight excluding hydrogens is 334 g/mol. The lowest BCUT2D eigenvalue weighted by molar-refractivity contribution is 0.102. The summed E-state index contributed by atoms with van der Waals surface area (Å²) >= 11 is 1.57. The van der Waals surface area contributed by atoms with Crippen LogP contribution in [0.4, 0.5) is 5.13 Å². The fourth-order valence-corrected chi connectivity index (χ4v) is 3.95. The number of hydrogen-bond donors (Lipinski definition) is 2. The van der Waals surface area contributed by atoms with Crippen molar-refractivity contribution in [3.63, 3.8) is 0 Å². The van der Waals surface area contributed by atoms with E-state index in [1.165, 1.54) is 4.88 Å². The Bertz CT molecular complexity index is 851. The van der Waals surface area contributed by atoms with E-state index in [4.69, 9.17) is 0 Å². The molecule has 1 aliphatic heterocycles. The molecule has 7 heteroatoms. The molecule has 0 radical (unpaired) electrons. The number of para-hydroxylation sites is 1. The maximum atomic E-state index is 12.4. The number of nitrogens with zero attached hydrogens (tertiary/aromatic N) is 3. The summed E-state index contributed by atoms with van der Waals surface area (Å²) in [5.41, 5.74) is 1.44. The van der Waals surface area contributed by atoms with E-state index in [2.05, 4.69) is 20.7 Å². The highest BCUT2D eigenvalue weighted by molar-refractivity contribution is 7.15. The lowest BCUT2D eigenvalue weighted by Crippen LogP contribution is -2.26. The molecule has 0 saturated carbocycles. The maximum Gasteiger partial charge on any atom is 0.260 e. The normalized spacial score (nSPS) is 15.2. The van der Waals surface area contributed by atoms with E-state index in [-0.39, 0.29) is 5.91 Å². The van der Waals surface area contributed by atoms with Crippen molar-refractivity contribution >= 4 is 22.4 Å². The number of anilines is 1. The van der Waals surface area contributed by atoms with Crippen molar-refractivity contribution in [2.75, 3.05) is 18.4 Å². The standard InChI is InChI=1S/C18H19N5OS/c24-17(14-10-21-23(12-14)15-4-2-1-3-5-15)22-18-20-11-16(25-18)13-6-8-19-9-7-13/h1-5,10-13,19H,6-9H2,(H,20,22,24). The van der Waals surface area contributed by atoms with Gasteiger partial charge < -0.3 is 5.32 Å². The van der Waals surface area contributed by atoms with Crippen molar-refractivity contribution in [1.82, 2.24) is 20.1 Å². The summed E-state index contributed by atoms with van der Waals surface area (Å²) in [4.78, 5) is 18.0. The Kier molecular flexibility index (Phi) is 4.58. The highest BCUT2D eigenvalue weighted by Crippen LogP contribution is 2.31. The van der Waals surface area contributed by atoms with Crippen LogP contribution in [0.5, 0.6) is 0 Å². The average molecular weight is 353 g/mol. The van der Waals surface area contributed by atoms with Crippen molar-refractivity contribution in [3.05, 3.63) is 59.4 Å². The molecule has 1 aliphatic rings. The Morgan fingerprint density at radius 1 is 1.20 bits per heavy atom. The van der Waals surface area contributed by atoms with E-state index in [0.29, 0.717) is 16.6 Å². The number of carbonyl (C=O) groups excluding carboxylic acids is 1. The molecule has 3 heterocycles. The van der Waals surface area contributed by atoms with Crippen LogP contribution in [0.3, 0.4) is 0 Å². The molecule has 0 aliphatic carbocycles. The Balaban J connectivity index is 1.44. The van der Waals surface area contributed by atoms with Crippen molar-refractivity contribution < 1.29 is 4.79 Å². The van der Waals surface area contributed by atoms with E-state index >= 15 is 0 Å². The number of amides is 1. The van der Waals surface area contributed by atoms with Crippen molar-refractivity contribution in [2.45, 2.75) is 18.8 Å². The summed E-state index contributed by atoms with van der Waals surface area (Å²) in [5.74, 6) is 0.360. The molecule has 3 aromatic rings. The molecule has 0 spiro atoms. The van der Waals surface area contributed by atoms with Gasteiger partial charge in [-0.05, 0) is 44.0 Å². The minimum atomic E-state index is -0.187. The molecule has 6 nitrogen and oxygen atoms in total. The van der Waals surface area contributed by atoms with Gasteiger partial charge >= 0.3 is 0 Å². The number of aromatic nitrogens is 3. The summed E-state index contributed by atoms with van der Waals surface area (Å²) in [6.45, 7) is 2.09. The molecule has 2 N–H and O–H groups in total. The van der Waals surface area contributed by atoms with E-state index < -0.39 is 0 Å². The summed E-state index contributed by atoms with van der Waals surface area (Å²) < 4.78 is 1.69. The molecule has 128 valence electrons. The van der Waals surface area contributed by atoms with Crippen LogP contribution in [0, 0.1) is 0 Å². The van der Waals surface area contributed by atoms with Gasteiger partial charge in [0.25, 0.3) is 5.91 Å². The van der Waals surface area contributed by atoms with Crippen LogP contribution in [0.2, 0.25) is 0 Å². The minimum absolute atomic E-state index is 0.187. The number of nitrogens with one attached hydrogen (secondary N) is 2. The maximum absolute atomic E-state index is 12.4. The largest absolute Gasteiger partial charge is 0.317 e. The van der Waals surface area contributed by atoms with Gasteiger partial charge in [0.05, 0.1) is 17.4 Å². The van der Waals surface area contributed by atoms with Crippen molar-refractivity contribution in [1.29, 1.82) is 0 Å². The van der Waals surface area contributed by atoms with Gasteiger partial charge in [0.15, 0.2) is 5.13 Å². The first kappa shape index (κ1) is 16.0. The zero-order valence-electron chi connectivity index (χ0n) is 13.7. The van der Waals surface area contributed by atoms with Gasteiger partial charge in [-0.15, -0.1) is 11.3 Å². The monoisotopic (exact) mass is 353 g/mol. The van der Waals surface area contributed by atoms with Gasteiger partial charge in [-0.1, -0.05) is 18.2 Å². The number of hydrogen-bond acceptors (Lipinski definition) is 5. The molecule has 4 rings (SSSR count). The quantitative estimate of drug-likeness (QED) is 0.756. The topological polar surface area (TPSA) is 71.8 Å². The van der Waals surface area contributed by atoms with Gasteiger partial charge in [-0.3, -0.25) is 10.1 Å². The fourth-order valence-electron chi connectivity index (χ4n) is 2.97. The van der Waals surface area contributed by atoms with Crippen LogP contribution in [-0.2, 0) is 0 Å². The predicted octanol–water partition coefficient (Wildman–Crippen LogP) is 3.05. The molecule has 0 atom stereocenters. The average Bonchev–Trinajstić information content (AvgIpc) is 3.33. The lowest BCUT2D eigenvalue weighted by atomic mass is 9.97. The van der Waals surface area contributed by atoms with Gasteiger partial charge in [-0.2, -0.15) is 5.10 Å². The summed E-state index contributed by atoms with van der Waals surface area (Å²) in [5, 5.41) is 11.2. The summed E-state index contributed by atoms with van der Waals surface area (Å²) in [6, 6.07) is 9.72. The molecule has 1 saturated heterocycles. The van der Waals surface area contributed by atoms with E-state index in [1.807, 2.05) is 36.5 Å². The summed E-state index contributed by atoms with van der Waals surface area (Å²) in [7, 11) is 0. The molecular formula is C18H19N5OS. The van der Waals surface area contributed by atoms with E-state index in [9.17, 15) is 4.79 Å². The summed E-state index contributed by atoms with van der Waals surface area (Å²) in [6.07, 6.45) is 7.44. The Hall–Kier alpha value is -2.51. The van der Waals surface area contributed by atoms with Crippen LogP contribution in [-0.4, -0.2) is 33.8 Å². The molecule has 1 aromatic carbocycles. The molecule has 0 bridgehead atoms. The Morgan fingerprint density at radius 2 is 2.00 bits per heavy atom. The fraction of sp³-hybridized carbons (Fsp3) is 0.278. The molecule has 25 heavy (non-hydrogen) atoms. The molecule has 1 amide bonds. The van der Waals surface area contributed by atoms with Gasteiger partial charge in [-0.25, -0.2) is 9.67 Å². The van der Waals surface area contributed by atoms with Crippen molar-refractivity contribution in [3.8, 4) is 5.69 Å². The van der Waals surface area contributed by atoms with Crippen LogP contribution in [0.15, 0.2) is 48.9 Å². The third-order valence-electron chi connectivity index (χ3n) is 4.35. The predicted molar refractivity (Wildman–Crippen MR) is 98.5 cm³/mol. The van der Waals surface area contributed by atoms with Gasteiger partial charge in [0, 0.05) is 17.3 Å². The van der Waals surface area contributed by atoms with Crippen LogP contribution >= 0.6 is 11.3 Å². The third kappa shape index (κ3) is 3.62. The van der Waals surface area contributed by atoms with E-state index in [0.717, 1.165) is 31.6 Å². The first-order chi connectivity index (χ1) is 12.3. The second-order valence-corrected chi connectivity index (χ2v) is 7.12. The first-order valence-corrected chi connectivity index (χ1v) is 9.19. The molecule has 2 aromatic heterocycles. The third-order valence-corrected chi connectivity index (χ3v) is 5.43. The van der Waals surface area contributed by atoms with Crippen molar-refractivity contribution in [2.24, 2.45) is 0 Å². The second-order valence-electron chi connectivity index (χ2n) is 6.06. The number of rotatable bonds is 4. The number of piperidine rings is 1. The first-order valence-electron chi connectivity index (χ1n) is 8.37. The minimum Gasteiger partial charge on any atom is -0.317 e. The zero-order chi connectivity index (χ0) is 17.1. The number of carbonyl (C=O) groups is 1. The van der Waals surface area contributed by atoms with Crippen LogP contribution in [0.1, 0.15) is 34.0 Å². The van der Waals surface area contributed by atoms with Gasteiger partial charge in [0.1, 0.15) is 0 Å². The Morgan fingerprint density at radius 3 is 2.80 bits per heavy atom. The van der Waals surface area contributed by atoms with Crippen LogP contribution < -0.4 is 10.6 Å². The molecule has 0 unspecified atom stereocenters. The smallest absolute Gasteiger partial charge is 0.260 e. The number of thiazole rings is 1. The Labute approximate surface area is 149 Å². The zero-order valence-corrected chi connectivity index (χ0v) is 14.5. The van der Waals surface area contributed by atoms with Crippen LogP contribution in [0.25, 0.3) is 5.69 Å². The van der Waals surface area contributed by atoms with E-state index in [1.54, 1.807) is 28.4 Å². The number of benzene rings is 1. The molecule has 1 fully saturated rings. The SMILES string of the molecule is O=C(Nc1ncc(C2CCNCC2)s1)c1cnn(-c2ccccc2)c1. The van der Waals surface area contributed by atoms with Gasteiger partial charge in [0.2, 0.25) is 0 Å². The second kappa shape index (κ2) is 7.16. The highest BCUT2D eigenvalue weighted by Gasteiger charge is 2.19. The lowest BCUT2D eigenvalue weighted by Gasteiger charge is -2.20.